The van der Waals surface area contributed by atoms with E-state index in [1.807, 2.05) is 54.6 Å². The molecule has 10 nitrogen and oxygen atoms in total. The minimum Gasteiger partial charge on any atom is -0.463 e. The van der Waals surface area contributed by atoms with Gasteiger partial charge in [0.2, 0.25) is 0 Å². The minimum absolute atomic E-state index is 0.136. The van der Waals surface area contributed by atoms with E-state index in [2.05, 4.69) is 43.3 Å². The molecular formula is C47H70O10. The van der Waals surface area contributed by atoms with Gasteiger partial charge in [-0.3, -0.25) is 4.79 Å². The van der Waals surface area contributed by atoms with Gasteiger partial charge in [-0.1, -0.05) is 149 Å². The van der Waals surface area contributed by atoms with Gasteiger partial charge in [-0.15, -0.1) is 0 Å². The first kappa shape index (κ1) is 48.2. The molecule has 0 radical (unpaired) electrons. The van der Waals surface area contributed by atoms with E-state index in [0.29, 0.717) is 106 Å². The second-order valence-electron chi connectivity index (χ2n) is 13.7. The highest BCUT2D eigenvalue weighted by molar-refractivity contribution is 5.69. The first-order chi connectivity index (χ1) is 28.3. The zero-order chi connectivity index (χ0) is 40.2. The van der Waals surface area contributed by atoms with Crippen molar-refractivity contribution in [1.82, 2.24) is 0 Å². The van der Waals surface area contributed by atoms with Gasteiger partial charge in [-0.05, 0) is 23.1 Å². The first-order valence-corrected chi connectivity index (χ1v) is 21.3. The Morgan fingerprint density at radius 2 is 0.684 bits per heavy atom. The number of hydrogen-bond donors (Lipinski definition) is 0. The van der Waals surface area contributed by atoms with Gasteiger partial charge in [-0.2, -0.15) is 0 Å². The van der Waals surface area contributed by atoms with Gasteiger partial charge < -0.3 is 42.6 Å². The summed E-state index contributed by atoms with van der Waals surface area (Å²) in [5.41, 5.74) is 2.45. The number of esters is 1. The van der Waals surface area contributed by atoms with Gasteiger partial charge in [0.05, 0.1) is 99.1 Å². The average molecular weight is 795 g/mol. The molecule has 10 heteroatoms. The number of unbranched alkanes of at least 4 members (excludes halogenated alkanes) is 8. The summed E-state index contributed by atoms with van der Waals surface area (Å²) in [6.45, 7) is 9.54. The lowest BCUT2D eigenvalue weighted by Gasteiger charge is -2.36. The van der Waals surface area contributed by atoms with Crippen molar-refractivity contribution in [3.63, 3.8) is 0 Å². The summed E-state index contributed by atoms with van der Waals surface area (Å²) in [7, 11) is 0. The Kier molecular flexibility index (Phi) is 28.5. The van der Waals surface area contributed by atoms with Crippen LogP contribution in [0.2, 0.25) is 0 Å². The maximum Gasteiger partial charge on any atom is 0.305 e. The van der Waals surface area contributed by atoms with Crippen molar-refractivity contribution in [2.75, 3.05) is 106 Å². The molecule has 0 saturated carbocycles. The number of carbonyl (C=O) groups is 1. The molecule has 0 N–H and O–H groups in total. The van der Waals surface area contributed by atoms with E-state index in [4.69, 9.17) is 42.6 Å². The minimum atomic E-state index is -0.753. The van der Waals surface area contributed by atoms with E-state index >= 15 is 0 Å². The van der Waals surface area contributed by atoms with Crippen LogP contribution >= 0.6 is 0 Å². The Hall–Kier alpha value is -3.19. The third-order valence-corrected chi connectivity index (χ3v) is 9.29. The van der Waals surface area contributed by atoms with Crippen LogP contribution in [0.4, 0.5) is 0 Å². The molecule has 0 aliphatic carbocycles. The highest BCUT2D eigenvalue weighted by atomic mass is 16.6. The Morgan fingerprint density at radius 1 is 0.386 bits per heavy atom. The summed E-state index contributed by atoms with van der Waals surface area (Å²) in [4.78, 5) is 11.8. The van der Waals surface area contributed by atoms with Gasteiger partial charge in [0.15, 0.2) is 0 Å². The summed E-state index contributed by atoms with van der Waals surface area (Å²) < 4.78 is 51.2. The summed E-state index contributed by atoms with van der Waals surface area (Å²) in [5, 5.41) is 0. The van der Waals surface area contributed by atoms with Crippen molar-refractivity contribution in [2.45, 2.75) is 76.7 Å². The summed E-state index contributed by atoms with van der Waals surface area (Å²) in [6.07, 6.45) is 11.6. The molecule has 0 aliphatic heterocycles. The fourth-order valence-corrected chi connectivity index (χ4v) is 6.31. The summed E-state index contributed by atoms with van der Waals surface area (Å²) in [5.74, 6) is -0.136. The van der Waals surface area contributed by atoms with Crippen molar-refractivity contribution in [1.29, 1.82) is 0 Å². The normalized spacial score (nSPS) is 11.6. The standard InChI is InChI=1S/C47H70O10/c1-2-3-4-5-6-7-8-9-19-26-46(48)56-41-39-54-37-35-52-33-31-50-29-27-49-28-30-51-32-34-53-36-38-55-40-42-57-47(43-20-13-10-14-21-43,44-22-15-11-16-23-44)45-24-17-12-18-25-45/h10-18,20-25H,2-9,19,26-42H2,1H3. The SMILES string of the molecule is CCCCCCCCCCCC(=O)OCCOCCOCCOCCOCCOCCOCCOCCOC(c1ccccc1)(c1ccccc1)c1ccccc1. The lowest BCUT2D eigenvalue weighted by molar-refractivity contribution is -0.145. The van der Waals surface area contributed by atoms with Crippen molar-refractivity contribution in [2.24, 2.45) is 0 Å². The molecule has 318 valence electrons. The van der Waals surface area contributed by atoms with Crippen molar-refractivity contribution >= 4 is 5.97 Å². The monoisotopic (exact) mass is 794 g/mol. The van der Waals surface area contributed by atoms with Crippen LogP contribution in [0.1, 0.15) is 87.8 Å². The van der Waals surface area contributed by atoms with Crippen molar-refractivity contribution in [3.05, 3.63) is 108 Å². The molecule has 0 aliphatic rings. The van der Waals surface area contributed by atoms with Gasteiger partial charge in [-0.25, -0.2) is 0 Å². The van der Waals surface area contributed by atoms with E-state index in [1.165, 1.54) is 44.9 Å². The highest BCUT2D eigenvalue weighted by Crippen LogP contribution is 2.40. The molecule has 0 heterocycles. The third kappa shape index (κ3) is 22.0. The fourth-order valence-electron chi connectivity index (χ4n) is 6.31. The average Bonchev–Trinajstić information content (AvgIpc) is 3.25. The molecule has 0 fully saturated rings. The lowest BCUT2D eigenvalue weighted by atomic mass is 9.80. The zero-order valence-electron chi connectivity index (χ0n) is 34.6. The quantitative estimate of drug-likeness (QED) is 0.0319. The Morgan fingerprint density at radius 3 is 1.04 bits per heavy atom. The van der Waals surface area contributed by atoms with Gasteiger partial charge in [0, 0.05) is 6.42 Å². The van der Waals surface area contributed by atoms with E-state index in [-0.39, 0.29) is 12.6 Å². The van der Waals surface area contributed by atoms with Crippen LogP contribution in [0.25, 0.3) is 0 Å². The molecule has 57 heavy (non-hydrogen) atoms. The van der Waals surface area contributed by atoms with Crippen LogP contribution in [-0.4, -0.2) is 112 Å². The Balaban J connectivity index is 1.05. The van der Waals surface area contributed by atoms with Crippen molar-refractivity contribution in [3.8, 4) is 0 Å². The highest BCUT2D eigenvalue weighted by Gasteiger charge is 2.37. The predicted octanol–water partition coefficient (Wildman–Crippen LogP) is 8.58. The maximum atomic E-state index is 11.8. The fraction of sp³-hybridized carbons (Fsp3) is 0.596. The second-order valence-corrected chi connectivity index (χ2v) is 13.7. The predicted molar refractivity (Wildman–Crippen MR) is 224 cm³/mol. The number of rotatable bonds is 38. The Bertz CT molecular complexity index is 1230. The first-order valence-electron chi connectivity index (χ1n) is 21.3. The number of benzene rings is 3. The molecule has 0 saturated heterocycles. The molecule has 0 atom stereocenters. The molecule has 0 amide bonds. The smallest absolute Gasteiger partial charge is 0.305 e. The van der Waals surface area contributed by atoms with E-state index in [0.717, 1.165) is 29.5 Å². The largest absolute Gasteiger partial charge is 0.463 e. The van der Waals surface area contributed by atoms with E-state index < -0.39 is 5.60 Å². The topological polar surface area (TPSA) is 100 Å². The van der Waals surface area contributed by atoms with Gasteiger partial charge in [0.1, 0.15) is 12.2 Å². The van der Waals surface area contributed by atoms with Crippen molar-refractivity contribution < 1.29 is 47.4 Å². The molecule has 0 spiro atoms. The Labute approximate surface area is 342 Å². The zero-order valence-corrected chi connectivity index (χ0v) is 34.6. The molecule has 0 aromatic heterocycles. The van der Waals surface area contributed by atoms with Gasteiger partial charge >= 0.3 is 5.97 Å². The van der Waals surface area contributed by atoms with Crippen LogP contribution in [0.3, 0.4) is 0 Å². The van der Waals surface area contributed by atoms with Crippen LogP contribution in [0.5, 0.6) is 0 Å². The van der Waals surface area contributed by atoms with E-state index in [1.54, 1.807) is 0 Å². The van der Waals surface area contributed by atoms with Crippen LogP contribution in [-0.2, 0) is 53.0 Å². The van der Waals surface area contributed by atoms with Crippen LogP contribution in [0, 0.1) is 0 Å². The number of hydrogen-bond acceptors (Lipinski definition) is 10. The summed E-state index contributed by atoms with van der Waals surface area (Å²) in [6, 6.07) is 31.0. The lowest BCUT2D eigenvalue weighted by Crippen LogP contribution is -2.34. The molecule has 3 aromatic carbocycles. The number of carbonyl (C=O) groups excluding carboxylic acids is 1. The van der Waals surface area contributed by atoms with Gasteiger partial charge in [0.25, 0.3) is 0 Å². The molecule has 3 rings (SSSR count). The third-order valence-electron chi connectivity index (χ3n) is 9.29. The molecule has 0 unspecified atom stereocenters. The molecule has 0 bridgehead atoms. The maximum absolute atomic E-state index is 11.8. The van der Waals surface area contributed by atoms with Crippen LogP contribution < -0.4 is 0 Å². The van der Waals surface area contributed by atoms with E-state index in [9.17, 15) is 4.79 Å². The summed E-state index contributed by atoms with van der Waals surface area (Å²) >= 11 is 0. The van der Waals surface area contributed by atoms with Crippen LogP contribution in [0.15, 0.2) is 91.0 Å². The molecular weight excluding hydrogens is 725 g/mol. The molecule has 3 aromatic rings. The second kappa shape index (κ2) is 33.7. The number of ether oxygens (including phenoxy) is 9.